The van der Waals surface area contributed by atoms with E-state index in [9.17, 15) is 9.59 Å². The zero-order valence-electron chi connectivity index (χ0n) is 10.2. The molecule has 0 bridgehead atoms. The summed E-state index contributed by atoms with van der Waals surface area (Å²) >= 11 is 0. The molecule has 1 aromatic rings. The number of carbonyl (C=O) groups excluding carboxylic acids is 2. The third kappa shape index (κ3) is 2.73. The molecule has 7 nitrogen and oxygen atoms in total. The second-order valence-electron chi connectivity index (χ2n) is 4.07. The molecule has 1 aliphatic heterocycles. The van der Waals surface area contributed by atoms with Crippen LogP contribution >= 0.6 is 0 Å². The van der Waals surface area contributed by atoms with Crippen molar-refractivity contribution in [2.45, 2.75) is 13.3 Å². The Morgan fingerprint density at radius 2 is 2.33 bits per heavy atom. The molecular weight excluding hydrogens is 236 g/mol. The summed E-state index contributed by atoms with van der Waals surface area (Å²) in [7, 11) is 1.49. The average Bonchev–Trinajstić information content (AvgIpc) is 2.75. The fourth-order valence-corrected chi connectivity index (χ4v) is 1.70. The van der Waals surface area contributed by atoms with E-state index in [0.29, 0.717) is 18.1 Å². The van der Waals surface area contributed by atoms with Crippen molar-refractivity contribution >= 4 is 17.8 Å². The minimum Gasteiger partial charge on any atom is -0.481 e. The highest BCUT2D eigenvalue weighted by Crippen LogP contribution is 2.14. The number of nitrogens with one attached hydrogen (secondary N) is 2. The van der Waals surface area contributed by atoms with Gasteiger partial charge in [0, 0.05) is 24.7 Å². The smallest absolute Gasteiger partial charge is 0.232 e. The second kappa shape index (κ2) is 4.99. The summed E-state index contributed by atoms with van der Waals surface area (Å²) in [6.07, 6.45) is 0.203. The van der Waals surface area contributed by atoms with Crippen LogP contribution in [0.1, 0.15) is 12.1 Å². The van der Waals surface area contributed by atoms with Crippen LogP contribution in [0.4, 0.5) is 5.95 Å². The number of aromatic nitrogens is 2. The van der Waals surface area contributed by atoms with Gasteiger partial charge in [-0.1, -0.05) is 0 Å². The lowest BCUT2D eigenvalue weighted by Gasteiger charge is -2.09. The summed E-state index contributed by atoms with van der Waals surface area (Å²) in [6.45, 7) is 2.13. The molecule has 0 aliphatic carbocycles. The fraction of sp³-hybridized carbons (Fsp3) is 0.455. The zero-order valence-corrected chi connectivity index (χ0v) is 10.2. The van der Waals surface area contributed by atoms with E-state index < -0.39 is 0 Å². The Morgan fingerprint density at radius 3 is 2.94 bits per heavy atom. The molecule has 18 heavy (non-hydrogen) atoms. The third-order valence-electron chi connectivity index (χ3n) is 2.62. The highest BCUT2D eigenvalue weighted by molar-refractivity contribution is 5.96. The van der Waals surface area contributed by atoms with E-state index in [1.165, 1.54) is 7.11 Å². The summed E-state index contributed by atoms with van der Waals surface area (Å²) in [5, 5.41) is 5.19. The van der Waals surface area contributed by atoms with Gasteiger partial charge in [-0.3, -0.25) is 14.9 Å². The van der Waals surface area contributed by atoms with E-state index in [4.69, 9.17) is 4.74 Å². The van der Waals surface area contributed by atoms with Gasteiger partial charge < -0.3 is 10.1 Å². The van der Waals surface area contributed by atoms with Crippen molar-refractivity contribution in [1.82, 2.24) is 15.3 Å². The van der Waals surface area contributed by atoms with E-state index in [2.05, 4.69) is 20.6 Å². The number of methoxy groups -OCH3 is 1. The van der Waals surface area contributed by atoms with Gasteiger partial charge in [-0.25, -0.2) is 4.98 Å². The first-order valence-corrected chi connectivity index (χ1v) is 5.55. The predicted molar refractivity (Wildman–Crippen MR) is 63.1 cm³/mol. The summed E-state index contributed by atoms with van der Waals surface area (Å²) in [6, 6.07) is 1.66. The SMILES string of the molecule is COc1cc(C)nc(NC(=O)C2CNC(=O)C2)n1. The number of rotatable bonds is 3. The standard InChI is InChI=1S/C11H14N4O3/c1-6-3-9(18-2)14-11(13-6)15-10(17)7-4-8(16)12-5-7/h3,7H,4-5H2,1-2H3,(H,12,16)(H,13,14,15,17). The van der Waals surface area contributed by atoms with Gasteiger partial charge in [0.2, 0.25) is 23.6 Å². The Labute approximate surface area is 104 Å². The van der Waals surface area contributed by atoms with Crippen LogP contribution in [-0.4, -0.2) is 35.4 Å². The number of carbonyl (C=O) groups is 2. The normalized spacial score (nSPS) is 18.3. The molecule has 1 aromatic heterocycles. The quantitative estimate of drug-likeness (QED) is 0.779. The van der Waals surface area contributed by atoms with Crippen LogP contribution in [-0.2, 0) is 9.59 Å². The number of hydrogen-bond acceptors (Lipinski definition) is 5. The summed E-state index contributed by atoms with van der Waals surface area (Å²) < 4.78 is 4.99. The molecule has 1 atom stereocenters. The van der Waals surface area contributed by atoms with Gasteiger partial charge in [0.1, 0.15) is 0 Å². The second-order valence-corrected chi connectivity index (χ2v) is 4.07. The Kier molecular flexibility index (Phi) is 3.40. The predicted octanol–water partition coefficient (Wildman–Crippen LogP) is -0.132. The summed E-state index contributed by atoms with van der Waals surface area (Å²) in [5.41, 5.74) is 0.692. The first kappa shape index (κ1) is 12.3. The van der Waals surface area contributed by atoms with Crippen LogP contribution in [0.15, 0.2) is 6.07 Å². The zero-order chi connectivity index (χ0) is 13.1. The van der Waals surface area contributed by atoms with Crippen LogP contribution in [0, 0.1) is 12.8 Å². The first-order chi connectivity index (χ1) is 8.58. The highest BCUT2D eigenvalue weighted by atomic mass is 16.5. The van der Waals surface area contributed by atoms with Gasteiger partial charge in [-0.2, -0.15) is 4.98 Å². The molecule has 0 saturated carbocycles. The molecule has 0 radical (unpaired) electrons. The number of ether oxygens (including phenoxy) is 1. The number of anilines is 1. The monoisotopic (exact) mass is 250 g/mol. The van der Waals surface area contributed by atoms with Gasteiger partial charge in [0.15, 0.2) is 0 Å². The highest BCUT2D eigenvalue weighted by Gasteiger charge is 2.28. The lowest BCUT2D eigenvalue weighted by Crippen LogP contribution is -2.25. The third-order valence-corrected chi connectivity index (χ3v) is 2.62. The van der Waals surface area contributed by atoms with Crippen molar-refractivity contribution in [3.63, 3.8) is 0 Å². The van der Waals surface area contributed by atoms with Crippen molar-refractivity contribution in [3.8, 4) is 5.88 Å². The Balaban J connectivity index is 2.07. The van der Waals surface area contributed by atoms with Crippen molar-refractivity contribution in [3.05, 3.63) is 11.8 Å². The number of amides is 2. The number of aryl methyl sites for hydroxylation is 1. The van der Waals surface area contributed by atoms with Crippen LogP contribution in [0.5, 0.6) is 5.88 Å². The molecule has 0 aromatic carbocycles. The molecule has 1 saturated heterocycles. The van der Waals surface area contributed by atoms with Crippen molar-refractivity contribution in [2.24, 2.45) is 5.92 Å². The Hall–Kier alpha value is -2.18. The Morgan fingerprint density at radius 1 is 1.56 bits per heavy atom. The topological polar surface area (TPSA) is 93.2 Å². The maximum absolute atomic E-state index is 11.8. The van der Waals surface area contributed by atoms with Crippen molar-refractivity contribution in [1.29, 1.82) is 0 Å². The molecule has 1 unspecified atom stereocenters. The molecule has 1 fully saturated rings. The molecule has 2 amide bonds. The van der Waals surface area contributed by atoms with Crippen LogP contribution in [0.2, 0.25) is 0 Å². The van der Waals surface area contributed by atoms with Crippen molar-refractivity contribution in [2.75, 3.05) is 19.0 Å². The van der Waals surface area contributed by atoms with Gasteiger partial charge in [-0.05, 0) is 6.92 Å². The number of nitrogens with zero attached hydrogens (tertiary/aromatic N) is 2. The molecule has 1 aliphatic rings. The molecule has 2 heterocycles. The van der Waals surface area contributed by atoms with E-state index in [1.54, 1.807) is 13.0 Å². The lowest BCUT2D eigenvalue weighted by atomic mass is 10.1. The Bertz CT molecular complexity index is 489. The maximum atomic E-state index is 11.8. The largest absolute Gasteiger partial charge is 0.481 e. The molecule has 2 N–H and O–H groups in total. The van der Waals surface area contributed by atoms with Gasteiger partial charge >= 0.3 is 0 Å². The minimum atomic E-state index is -0.368. The molecule has 96 valence electrons. The maximum Gasteiger partial charge on any atom is 0.232 e. The van der Waals surface area contributed by atoms with E-state index >= 15 is 0 Å². The van der Waals surface area contributed by atoms with Gasteiger partial charge in [-0.15, -0.1) is 0 Å². The van der Waals surface area contributed by atoms with E-state index in [-0.39, 0.29) is 30.1 Å². The summed E-state index contributed by atoms with van der Waals surface area (Å²) in [4.78, 5) is 31.0. The fourth-order valence-electron chi connectivity index (χ4n) is 1.70. The first-order valence-electron chi connectivity index (χ1n) is 5.55. The average molecular weight is 250 g/mol. The van der Waals surface area contributed by atoms with Crippen LogP contribution in [0.3, 0.4) is 0 Å². The molecule has 7 heteroatoms. The van der Waals surface area contributed by atoms with Gasteiger partial charge in [0.05, 0.1) is 13.0 Å². The van der Waals surface area contributed by atoms with E-state index in [1.807, 2.05) is 0 Å². The molecule has 2 rings (SSSR count). The minimum absolute atomic E-state index is 0.113. The van der Waals surface area contributed by atoms with Gasteiger partial charge in [0.25, 0.3) is 0 Å². The van der Waals surface area contributed by atoms with Crippen LogP contribution < -0.4 is 15.4 Å². The summed E-state index contributed by atoms with van der Waals surface area (Å²) in [5.74, 6) is -0.166. The molecule has 0 spiro atoms. The van der Waals surface area contributed by atoms with Crippen LogP contribution in [0.25, 0.3) is 0 Å². The van der Waals surface area contributed by atoms with Crippen molar-refractivity contribution < 1.29 is 14.3 Å². The lowest BCUT2D eigenvalue weighted by molar-refractivity contribution is -0.123. The molecular formula is C11H14N4O3. The number of hydrogen-bond donors (Lipinski definition) is 2. The van der Waals surface area contributed by atoms with E-state index in [0.717, 1.165) is 0 Å².